The summed E-state index contributed by atoms with van der Waals surface area (Å²) in [4.78, 5) is 11.2. The first-order valence-corrected chi connectivity index (χ1v) is 3.96. The average Bonchev–Trinajstić information content (AvgIpc) is 2.62. The van der Waals surface area contributed by atoms with Crippen LogP contribution in [0.1, 0.15) is 10.6 Å². The molecule has 2 rings (SSSR count). The SMILES string of the molecule is COC(=O)c1onc2c(N)cccc12. The van der Waals surface area contributed by atoms with Crippen molar-refractivity contribution in [2.45, 2.75) is 0 Å². The van der Waals surface area contributed by atoms with Crippen LogP contribution in [0.15, 0.2) is 22.7 Å². The second kappa shape index (κ2) is 3.02. The van der Waals surface area contributed by atoms with Crippen molar-refractivity contribution >= 4 is 22.6 Å². The molecular formula is C9H8N2O3. The van der Waals surface area contributed by atoms with Crippen LogP contribution in [0, 0.1) is 0 Å². The van der Waals surface area contributed by atoms with Gasteiger partial charge in [-0.15, -0.1) is 0 Å². The Kier molecular flexibility index (Phi) is 1.85. The number of carbonyl (C=O) groups excluding carboxylic acids is 1. The van der Waals surface area contributed by atoms with Crippen molar-refractivity contribution in [3.8, 4) is 0 Å². The van der Waals surface area contributed by atoms with Gasteiger partial charge in [-0.05, 0) is 12.1 Å². The third-order valence-corrected chi connectivity index (χ3v) is 1.91. The molecule has 0 saturated heterocycles. The quantitative estimate of drug-likeness (QED) is 0.542. The fraction of sp³-hybridized carbons (Fsp3) is 0.111. The minimum Gasteiger partial charge on any atom is -0.463 e. The fourth-order valence-corrected chi connectivity index (χ4v) is 1.23. The van der Waals surface area contributed by atoms with E-state index in [1.54, 1.807) is 18.2 Å². The molecule has 0 aliphatic heterocycles. The van der Waals surface area contributed by atoms with Gasteiger partial charge in [0.2, 0.25) is 0 Å². The molecule has 1 heterocycles. The lowest BCUT2D eigenvalue weighted by molar-refractivity contribution is 0.0558. The number of nitrogens with zero attached hydrogens (tertiary/aromatic N) is 1. The maximum absolute atomic E-state index is 11.2. The molecule has 0 fully saturated rings. The van der Waals surface area contributed by atoms with Gasteiger partial charge in [0.05, 0.1) is 18.2 Å². The average molecular weight is 192 g/mol. The number of aromatic nitrogens is 1. The smallest absolute Gasteiger partial charge is 0.377 e. The Hall–Kier alpha value is -2.04. The van der Waals surface area contributed by atoms with Gasteiger partial charge < -0.3 is 15.0 Å². The van der Waals surface area contributed by atoms with Crippen LogP contribution in [0.5, 0.6) is 0 Å². The van der Waals surface area contributed by atoms with E-state index in [0.717, 1.165) is 0 Å². The highest BCUT2D eigenvalue weighted by molar-refractivity contribution is 6.03. The molecular weight excluding hydrogens is 184 g/mol. The first-order chi connectivity index (χ1) is 6.74. The van der Waals surface area contributed by atoms with E-state index < -0.39 is 5.97 Å². The van der Waals surface area contributed by atoms with Gasteiger partial charge in [-0.1, -0.05) is 11.2 Å². The summed E-state index contributed by atoms with van der Waals surface area (Å²) in [6, 6.07) is 5.11. The molecule has 1 aromatic heterocycles. The molecule has 5 nitrogen and oxygen atoms in total. The Morgan fingerprint density at radius 3 is 3.07 bits per heavy atom. The lowest BCUT2D eigenvalue weighted by Crippen LogP contribution is -1.99. The summed E-state index contributed by atoms with van der Waals surface area (Å²) in [5.74, 6) is -0.479. The Balaban J connectivity index is 2.70. The molecule has 2 aromatic rings. The molecule has 0 amide bonds. The molecule has 1 aromatic carbocycles. The number of fused-ring (bicyclic) bond motifs is 1. The van der Waals surface area contributed by atoms with Crippen molar-refractivity contribution in [3.63, 3.8) is 0 Å². The molecule has 0 spiro atoms. The molecule has 0 aliphatic rings. The van der Waals surface area contributed by atoms with Crippen LogP contribution in [-0.4, -0.2) is 18.2 Å². The number of ether oxygens (including phenoxy) is 1. The molecule has 0 aliphatic carbocycles. The Labute approximate surface area is 79.4 Å². The number of carbonyl (C=O) groups is 1. The molecule has 0 atom stereocenters. The fourth-order valence-electron chi connectivity index (χ4n) is 1.23. The number of anilines is 1. The standard InChI is InChI=1S/C9H8N2O3/c1-13-9(12)8-5-3-2-4-6(10)7(5)11-14-8/h2-4H,10H2,1H3. The number of benzene rings is 1. The van der Waals surface area contributed by atoms with E-state index in [1.807, 2.05) is 0 Å². The van der Waals surface area contributed by atoms with Crippen LogP contribution < -0.4 is 5.73 Å². The van der Waals surface area contributed by atoms with E-state index in [9.17, 15) is 4.79 Å². The zero-order chi connectivity index (χ0) is 10.1. The summed E-state index contributed by atoms with van der Waals surface area (Å²) in [7, 11) is 1.28. The van der Waals surface area contributed by atoms with E-state index in [-0.39, 0.29) is 5.76 Å². The van der Waals surface area contributed by atoms with E-state index in [1.165, 1.54) is 7.11 Å². The highest BCUT2D eigenvalue weighted by atomic mass is 16.5. The van der Waals surface area contributed by atoms with E-state index in [2.05, 4.69) is 9.89 Å². The van der Waals surface area contributed by atoms with Gasteiger partial charge in [0, 0.05) is 0 Å². The summed E-state index contributed by atoms with van der Waals surface area (Å²) in [5, 5.41) is 4.25. The maximum Gasteiger partial charge on any atom is 0.377 e. The third kappa shape index (κ3) is 1.10. The summed E-state index contributed by atoms with van der Waals surface area (Å²) < 4.78 is 9.37. The zero-order valence-electron chi connectivity index (χ0n) is 7.48. The number of hydrogen-bond donors (Lipinski definition) is 1. The van der Waals surface area contributed by atoms with Crippen molar-refractivity contribution in [1.82, 2.24) is 5.16 Å². The summed E-state index contributed by atoms with van der Waals surface area (Å²) in [6.45, 7) is 0. The molecule has 0 saturated carbocycles. The monoisotopic (exact) mass is 192 g/mol. The highest BCUT2D eigenvalue weighted by Gasteiger charge is 2.17. The van der Waals surface area contributed by atoms with E-state index >= 15 is 0 Å². The van der Waals surface area contributed by atoms with Crippen molar-refractivity contribution in [2.75, 3.05) is 12.8 Å². The van der Waals surface area contributed by atoms with Gasteiger partial charge >= 0.3 is 5.97 Å². The summed E-state index contributed by atoms with van der Waals surface area (Å²) >= 11 is 0. The number of nitrogens with two attached hydrogens (primary N) is 1. The molecule has 0 bridgehead atoms. The molecule has 0 unspecified atom stereocenters. The van der Waals surface area contributed by atoms with Crippen molar-refractivity contribution in [3.05, 3.63) is 24.0 Å². The van der Waals surface area contributed by atoms with Crippen molar-refractivity contribution in [2.24, 2.45) is 0 Å². The first kappa shape index (κ1) is 8.55. The van der Waals surface area contributed by atoms with Gasteiger partial charge in [0.1, 0.15) is 5.52 Å². The highest BCUT2D eigenvalue weighted by Crippen LogP contribution is 2.23. The second-order valence-electron chi connectivity index (χ2n) is 2.75. The molecule has 14 heavy (non-hydrogen) atoms. The van der Waals surface area contributed by atoms with Gasteiger partial charge in [-0.25, -0.2) is 4.79 Å². The number of hydrogen-bond acceptors (Lipinski definition) is 5. The largest absolute Gasteiger partial charge is 0.463 e. The molecule has 72 valence electrons. The molecule has 5 heteroatoms. The number of methoxy groups -OCH3 is 1. The lowest BCUT2D eigenvalue weighted by atomic mass is 10.2. The third-order valence-electron chi connectivity index (χ3n) is 1.91. The molecule has 0 radical (unpaired) electrons. The minimum absolute atomic E-state index is 0.0785. The van der Waals surface area contributed by atoms with Crippen LogP contribution in [0.25, 0.3) is 10.9 Å². The normalized spacial score (nSPS) is 10.4. The van der Waals surface area contributed by atoms with Crippen LogP contribution in [0.4, 0.5) is 5.69 Å². The zero-order valence-corrected chi connectivity index (χ0v) is 7.48. The van der Waals surface area contributed by atoms with Gasteiger partial charge in [0.25, 0.3) is 5.76 Å². The van der Waals surface area contributed by atoms with Gasteiger partial charge in [-0.3, -0.25) is 0 Å². The van der Waals surface area contributed by atoms with Crippen LogP contribution in [0.2, 0.25) is 0 Å². The molecule has 2 N–H and O–H groups in total. The predicted octanol–water partition coefficient (Wildman–Crippen LogP) is 1.20. The maximum atomic E-state index is 11.2. The van der Waals surface area contributed by atoms with Crippen LogP contribution in [-0.2, 0) is 4.74 Å². The first-order valence-electron chi connectivity index (χ1n) is 3.96. The Bertz CT molecular complexity index is 490. The minimum atomic E-state index is -0.557. The lowest BCUT2D eigenvalue weighted by Gasteiger charge is -1.93. The van der Waals surface area contributed by atoms with Crippen molar-refractivity contribution < 1.29 is 14.1 Å². The van der Waals surface area contributed by atoms with Crippen molar-refractivity contribution in [1.29, 1.82) is 0 Å². The van der Waals surface area contributed by atoms with Crippen LogP contribution >= 0.6 is 0 Å². The van der Waals surface area contributed by atoms with Gasteiger partial charge in [0.15, 0.2) is 0 Å². The number of nitrogen functional groups attached to an aromatic ring is 1. The van der Waals surface area contributed by atoms with Gasteiger partial charge in [-0.2, -0.15) is 0 Å². The topological polar surface area (TPSA) is 78.3 Å². The summed E-state index contributed by atoms with van der Waals surface area (Å²) in [5.41, 5.74) is 6.59. The van der Waals surface area contributed by atoms with E-state index in [4.69, 9.17) is 10.3 Å². The van der Waals surface area contributed by atoms with Crippen LogP contribution in [0.3, 0.4) is 0 Å². The Morgan fingerprint density at radius 1 is 1.57 bits per heavy atom. The summed E-state index contributed by atoms with van der Waals surface area (Å²) in [6.07, 6.45) is 0. The van der Waals surface area contributed by atoms with E-state index in [0.29, 0.717) is 16.6 Å². The Morgan fingerprint density at radius 2 is 2.36 bits per heavy atom. The number of rotatable bonds is 1. The second-order valence-corrected chi connectivity index (χ2v) is 2.75. The predicted molar refractivity (Wildman–Crippen MR) is 49.8 cm³/mol. The number of esters is 1.